The topological polar surface area (TPSA) is 169 Å². The number of phosphoric acid groups is 1. The average molecular weight is 947 g/mol. The molecule has 1 aliphatic rings. The van der Waals surface area contributed by atoms with Crippen LogP contribution >= 0.6 is 7.82 Å². The number of esters is 2. The molecule has 0 heterocycles. The van der Waals surface area contributed by atoms with Crippen molar-refractivity contribution < 1.29 is 57.4 Å². The van der Waals surface area contributed by atoms with E-state index in [2.05, 4.69) is 13.8 Å². The van der Waals surface area contributed by atoms with Crippen LogP contribution in [-0.4, -0.2) is 109 Å². The highest BCUT2D eigenvalue weighted by Crippen LogP contribution is 2.43. The first kappa shape index (κ1) is 61.6. The van der Waals surface area contributed by atoms with E-state index in [4.69, 9.17) is 18.5 Å². The predicted octanol–water partition coefficient (Wildman–Crippen LogP) is 12.1. The summed E-state index contributed by atoms with van der Waals surface area (Å²) in [5.74, 6) is -1.21. The normalized spacial score (nSPS) is 19.7. The van der Waals surface area contributed by atoms with Gasteiger partial charge in [0.1, 0.15) is 19.8 Å². The fourth-order valence-electron chi connectivity index (χ4n) is 8.70. The van der Waals surface area contributed by atoms with Gasteiger partial charge in [-0.15, -0.1) is 0 Å². The van der Waals surface area contributed by atoms with Crippen molar-refractivity contribution >= 4 is 19.8 Å². The number of carbonyl (C=O) groups excluding carboxylic acids is 2. The Labute approximate surface area is 397 Å². The maximum atomic E-state index is 12.9. The van der Waals surface area contributed by atoms with Gasteiger partial charge in [0.25, 0.3) is 0 Å². The maximum absolute atomic E-state index is 12.9. The number of likely N-dealkylation sites (N-methyl/N-ethyl adjacent to an activating group) is 1. The third-order valence-corrected chi connectivity index (χ3v) is 13.9. The molecule has 1 rings (SSSR count). The molecular weight excluding hydrogens is 846 g/mol. The average Bonchev–Trinajstić information content (AvgIpc) is 3.52. The Bertz CT molecular complexity index is 1230. The molecule has 0 amide bonds. The van der Waals surface area contributed by atoms with Crippen LogP contribution in [0, 0.1) is 11.8 Å². The minimum atomic E-state index is -4.44. The van der Waals surface area contributed by atoms with E-state index in [0.717, 1.165) is 64.2 Å². The lowest BCUT2D eigenvalue weighted by Crippen LogP contribution is -2.37. The molecule has 0 spiro atoms. The van der Waals surface area contributed by atoms with E-state index < -0.39 is 50.8 Å². The van der Waals surface area contributed by atoms with Gasteiger partial charge in [0.05, 0.1) is 46.1 Å². The zero-order chi connectivity index (χ0) is 48.0. The van der Waals surface area contributed by atoms with Crippen LogP contribution in [0.4, 0.5) is 0 Å². The molecule has 0 saturated heterocycles. The van der Waals surface area contributed by atoms with Crippen molar-refractivity contribution in [3.05, 3.63) is 12.2 Å². The Kier molecular flexibility index (Phi) is 37.4. The van der Waals surface area contributed by atoms with Crippen LogP contribution < -0.4 is 0 Å². The summed E-state index contributed by atoms with van der Waals surface area (Å²) in [6.45, 7) is 4.12. The van der Waals surface area contributed by atoms with Gasteiger partial charge in [0, 0.05) is 25.2 Å². The van der Waals surface area contributed by atoms with E-state index in [-0.39, 0.29) is 37.9 Å². The molecule has 1 unspecified atom stereocenters. The van der Waals surface area contributed by atoms with Gasteiger partial charge in [-0.3, -0.25) is 18.6 Å². The number of rotatable bonds is 45. The summed E-state index contributed by atoms with van der Waals surface area (Å²) in [7, 11) is 1.36. The second kappa shape index (κ2) is 39.5. The first-order valence-electron chi connectivity index (χ1n) is 26.7. The summed E-state index contributed by atoms with van der Waals surface area (Å²) in [4.78, 5) is 35.8. The van der Waals surface area contributed by atoms with Crippen LogP contribution in [0.1, 0.15) is 226 Å². The number of phosphoric ester groups is 1. The molecule has 0 aromatic rings. The third kappa shape index (κ3) is 36.3. The second-order valence-corrected chi connectivity index (χ2v) is 21.7. The molecule has 0 radical (unpaired) electrons. The zero-order valence-electron chi connectivity index (χ0n) is 42.3. The number of nitrogens with zero attached hydrogens (tertiary/aromatic N) is 1. The van der Waals surface area contributed by atoms with Crippen LogP contribution in [0.5, 0.6) is 0 Å². The first-order valence-corrected chi connectivity index (χ1v) is 28.2. The fourth-order valence-corrected chi connectivity index (χ4v) is 9.44. The largest absolute Gasteiger partial charge is 0.472 e. The van der Waals surface area contributed by atoms with Crippen LogP contribution in [-0.2, 0) is 32.7 Å². The number of carbonyl (C=O) groups is 2. The molecule has 4 N–H and O–H groups in total. The zero-order valence-corrected chi connectivity index (χ0v) is 43.2. The Morgan fingerprint density at radius 2 is 1.09 bits per heavy atom. The van der Waals surface area contributed by atoms with E-state index in [1.54, 1.807) is 6.08 Å². The van der Waals surface area contributed by atoms with Gasteiger partial charge < -0.3 is 34.2 Å². The Hall–Kier alpha value is -1.37. The summed E-state index contributed by atoms with van der Waals surface area (Å²) in [6, 6.07) is 0. The minimum Gasteiger partial charge on any atom is -0.462 e. The highest BCUT2D eigenvalue weighted by Gasteiger charge is 2.39. The molecule has 0 aliphatic heterocycles. The molecule has 384 valence electrons. The van der Waals surface area contributed by atoms with Crippen molar-refractivity contribution in [3.63, 3.8) is 0 Å². The van der Waals surface area contributed by atoms with Gasteiger partial charge in [-0.1, -0.05) is 193 Å². The van der Waals surface area contributed by atoms with Crippen LogP contribution in [0.3, 0.4) is 0 Å². The number of hydrogen-bond acceptors (Lipinski definition) is 10. The van der Waals surface area contributed by atoms with Gasteiger partial charge in [-0.2, -0.15) is 0 Å². The van der Waals surface area contributed by atoms with E-state index >= 15 is 0 Å². The molecule has 1 aliphatic carbocycles. The van der Waals surface area contributed by atoms with Crippen molar-refractivity contribution in [1.29, 1.82) is 0 Å². The lowest BCUT2D eigenvalue weighted by atomic mass is 9.88. The van der Waals surface area contributed by atoms with Crippen LogP contribution in [0.2, 0.25) is 0 Å². The quantitative estimate of drug-likeness (QED) is 0.0151. The van der Waals surface area contributed by atoms with E-state index in [1.165, 1.54) is 109 Å². The molecule has 7 atom stereocenters. The standard InChI is InChI=1S/C52H100NO11P/c1-6-8-10-11-12-13-14-15-16-17-18-19-20-21-22-23-24-25-26-27-32-36-51(57)61-43-46(44-63-65(59,60)62-41-40-53(3,4)5)64-52(58)37-33-29-28-31-35-47-48(50(56)42-49(47)55)39-38-45(54)34-30-9-7-2/h38-39,45-50,54-56H,6-37,40-44H2,1-5H3/p+1/b39-38+/t45-,46+,47+,48+,49-,50+/m0/s1. The molecule has 13 heteroatoms. The Morgan fingerprint density at radius 3 is 1.60 bits per heavy atom. The minimum absolute atomic E-state index is 0.00385. The molecule has 0 aromatic heterocycles. The molecule has 65 heavy (non-hydrogen) atoms. The monoisotopic (exact) mass is 947 g/mol. The van der Waals surface area contributed by atoms with Crippen molar-refractivity contribution in [3.8, 4) is 0 Å². The fraction of sp³-hybridized carbons (Fsp3) is 0.923. The number of quaternary nitrogens is 1. The number of ether oxygens (including phenoxy) is 2. The SMILES string of the molecule is CCCCCCCCCCCCCCCCCCCCCCCC(=O)OC[C@H](COP(=O)(O)OCC[N+](C)(C)C)OC(=O)CCCCCC[C@@H]1[C@@H](/C=C/[C@@H](O)CCCCC)[C@H](O)C[C@@H]1O. The van der Waals surface area contributed by atoms with E-state index in [9.17, 15) is 34.4 Å². The molecule has 0 aromatic carbocycles. The number of aliphatic hydroxyl groups is 3. The molecular formula is C52H101NO11P+. The van der Waals surface area contributed by atoms with Gasteiger partial charge in [0.2, 0.25) is 0 Å². The van der Waals surface area contributed by atoms with E-state index in [0.29, 0.717) is 36.7 Å². The molecule has 1 fully saturated rings. The Balaban J connectivity index is 2.34. The second-order valence-electron chi connectivity index (χ2n) is 20.2. The van der Waals surface area contributed by atoms with Crippen molar-refractivity contribution in [1.82, 2.24) is 0 Å². The van der Waals surface area contributed by atoms with Gasteiger partial charge in [0.15, 0.2) is 6.10 Å². The Morgan fingerprint density at radius 1 is 0.631 bits per heavy atom. The van der Waals surface area contributed by atoms with E-state index in [1.807, 2.05) is 27.2 Å². The van der Waals surface area contributed by atoms with Gasteiger partial charge in [-0.05, 0) is 31.6 Å². The van der Waals surface area contributed by atoms with Gasteiger partial charge in [-0.25, -0.2) is 4.57 Å². The highest BCUT2D eigenvalue weighted by atomic mass is 31.2. The highest BCUT2D eigenvalue weighted by molar-refractivity contribution is 7.47. The lowest BCUT2D eigenvalue weighted by Gasteiger charge is -2.24. The maximum Gasteiger partial charge on any atom is 0.472 e. The van der Waals surface area contributed by atoms with Crippen molar-refractivity contribution in [2.45, 2.75) is 250 Å². The summed E-state index contributed by atoms with van der Waals surface area (Å²) in [5.41, 5.74) is 0. The van der Waals surface area contributed by atoms with Crippen molar-refractivity contribution in [2.75, 3.05) is 47.5 Å². The summed E-state index contributed by atoms with van der Waals surface area (Å²) < 4.78 is 34.5. The summed E-state index contributed by atoms with van der Waals surface area (Å²) >= 11 is 0. The third-order valence-electron chi connectivity index (χ3n) is 12.9. The summed E-state index contributed by atoms with van der Waals surface area (Å²) in [5, 5.41) is 31.5. The first-order chi connectivity index (χ1) is 31.2. The molecule has 12 nitrogen and oxygen atoms in total. The van der Waals surface area contributed by atoms with Crippen LogP contribution in [0.25, 0.3) is 0 Å². The lowest BCUT2D eigenvalue weighted by molar-refractivity contribution is -0.870. The van der Waals surface area contributed by atoms with Gasteiger partial charge >= 0.3 is 19.8 Å². The van der Waals surface area contributed by atoms with Crippen LogP contribution in [0.15, 0.2) is 12.2 Å². The number of aliphatic hydroxyl groups excluding tert-OH is 3. The number of hydrogen-bond donors (Lipinski definition) is 4. The molecule has 0 bridgehead atoms. The smallest absolute Gasteiger partial charge is 0.462 e. The predicted molar refractivity (Wildman–Crippen MR) is 263 cm³/mol. The van der Waals surface area contributed by atoms with Crippen molar-refractivity contribution in [2.24, 2.45) is 11.8 Å². The number of unbranched alkanes of at least 4 members (excludes halogenated alkanes) is 25. The summed E-state index contributed by atoms with van der Waals surface area (Å²) in [6.07, 6.45) is 36.1. The molecule has 1 saturated carbocycles.